The molecule has 0 bridgehead atoms. The van der Waals surface area contributed by atoms with Crippen LogP contribution in [0.4, 0.5) is 5.82 Å². The van der Waals surface area contributed by atoms with Crippen LogP contribution in [0.15, 0.2) is 10.9 Å². The van der Waals surface area contributed by atoms with Gasteiger partial charge < -0.3 is 35.5 Å². The van der Waals surface area contributed by atoms with E-state index < -0.39 is 44.5 Å². The van der Waals surface area contributed by atoms with Gasteiger partial charge in [0.05, 0.1) is 12.3 Å². The Hall–Kier alpha value is -1.33. The van der Waals surface area contributed by atoms with Gasteiger partial charge in [0, 0.05) is 6.07 Å². The summed E-state index contributed by atoms with van der Waals surface area (Å²) < 4.78 is 20.6. The highest BCUT2D eigenvalue weighted by Crippen LogP contribution is 2.44. The van der Waals surface area contributed by atoms with E-state index in [1.54, 1.807) is 0 Å². The molecule has 0 spiro atoms. The van der Waals surface area contributed by atoms with E-state index in [0.717, 1.165) is 0 Å². The van der Waals surface area contributed by atoms with Gasteiger partial charge in [-0.3, -0.25) is 4.52 Å². The standard InChI is InChI=1S/C9H14N3O8P/c10-5-1-3(11-9(15)12-5)7-6(14)8(4(2-13)19-7)20-21(16,17)18/h1,4,6-8,13-14H,2H2,(H2,16,17,18)(H3,10,11,12,15). The number of rotatable bonds is 4. The Morgan fingerprint density at radius 2 is 2.19 bits per heavy atom. The van der Waals surface area contributed by atoms with Crippen LogP contribution in [0.5, 0.6) is 0 Å². The van der Waals surface area contributed by atoms with Crippen molar-refractivity contribution in [2.45, 2.75) is 24.4 Å². The Morgan fingerprint density at radius 3 is 2.71 bits per heavy atom. The van der Waals surface area contributed by atoms with Crippen molar-refractivity contribution >= 4 is 13.6 Å². The third-order valence-electron chi connectivity index (χ3n) is 2.87. The van der Waals surface area contributed by atoms with Crippen molar-refractivity contribution in [2.75, 3.05) is 12.3 Å². The first-order valence-corrected chi connectivity index (χ1v) is 7.29. The second kappa shape index (κ2) is 5.81. The highest BCUT2D eigenvalue weighted by Gasteiger charge is 2.48. The summed E-state index contributed by atoms with van der Waals surface area (Å²) in [5.74, 6) is -0.121. The van der Waals surface area contributed by atoms with Gasteiger partial charge in [-0.1, -0.05) is 0 Å². The fourth-order valence-electron chi connectivity index (χ4n) is 2.08. The van der Waals surface area contributed by atoms with Crippen molar-refractivity contribution in [1.29, 1.82) is 0 Å². The molecule has 0 aromatic carbocycles. The van der Waals surface area contributed by atoms with Crippen LogP contribution >= 0.6 is 7.82 Å². The fourth-order valence-corrected chi connectivity index (χ4v) is 2.66. The Bertz CT molecular complexity index is 615. The summed E-state index contributed by atoms with van der Waals surface area (Å²) in [5.41, 5.74) is 4.68. The Morgan fingerprint density at radius 1 is 1.52 bits per heavy atom. The van der Waals surface area contributed by atoms with Crippen molar-refractivity contribution in [3.8, 4) is 0 Å². The van der Waals surface area contributed by atoms with Crippen LogP contribution < -0.4 is 11.4 Å². The number of hydrogen-bond acceptors (Lipinski definition) is 8. The van der Waals surface area contributed by atoms with Crippen LogP contribution in [-0.2, 0) is 13.8 Å². The van der Waals surface area contributed by atoms with E-state index in [-0.39, 0.29) is 11.5 Å². The minimum atomic E-state index is -4.90. The molecule has 1 aliphatic rings. The number of H-pyrrole nitrogens is 1. The van der Waals surface area contributed by atoms with Crippen LogP contribution in [0.2, 0.25) is 0 Å². The molecule has 2 heterocycles. The van der Waals surface area contributed by atoms with E-state index in [1.165, 1.54) is 6.07 Å². The van der Waals surface area contributed by atoms with E-state index in [4.69, 9.17) is 25.4 Å². The lowest BCUT2D eigenvalue weighted by molar-refractivity contribution is -0.0236. The number of nitrogen functional groups attached to an aromatic ring is 1. The summed E-state index contributed by atoms with van der Waals surface area (Å²) in [7, 11) is -4.90. The van der Waals surface area contributed by atoms with Crippen LogP contribution in [0.3, 0.4) is 0 Å². The number of aromatic amines is 1. The van der Waals surface area contributed by atoms with Gasteiger partial charge >= 0.3 is 13.5 Å². The van der Waals surface area contributed by atoms with Crippen molar-refractivity contribution in [2.24, 2.45) is 0 Å². The number of nitrogens with two attached hydrogens (primary N) is 1. The van der Waals surface area contributed by atoms with E-state index in [2.05, 4.69) is 14.5 Å². The summed E-state index contributed by atoms with van der Waals surface area (Å²) in [4.78, 5) is 34.5. The number of nitrogens with one attached hydrogen (secondary N) is 1. The Labute approximate surface area is 117 Å². The lowest BCUT2D eigenvalue weighted by Crippen LogP contribution is -2.35. The number of hydrogen-bond donors (Lipinski definition) is 6. The Balaban J connectivity index is 2.30. The lowest BCUT2D eigenvalue weighted by Gasteiger charge is -2.19. The molecule has 12 heteroatoms. The van der Waals surface area contributed by atoms with Gasteiger partial charge in [-0.25, -0.2) is 9.36 Å². The number of aliphatic hydroxyl groups excluding tert-OH is 2. The Kier molecular flexibility index (Phi) is 4.44. The largest absolute Gasteiger partial charge is 0.470 e. The van der Waals surface area contributed by atoms with Crippen LogP contribution in [0.1, 0.15) is 11.8 Å². The number of phosphoric acid groups is 1. The molecule has 4 atom stereocenters. The van der Waals surface area contributed by atoms with Crippen molar-refractivity contribution < 1.29 is 33.8 Å². The molecule has 0 saturated carbocycles. The van der Waals surface area contributed by atoms with E-state index in [1.807, 2.05) is 0 Å². The zero-order chi connectivity index (χ0) is 15.8. The molecule has 4 unspecified atom stereocenters. The van der Waals surface area contributed by atoms with Gasteiger partial charge in [-0.15, -0.1) is 0 Å². The molecule has 118 valence electrons. The van der Waals surface area contributed by atoms with Gasteiger partial charge in [0.15, 0.2) is 0 Å². The minimum absolute atomic E-state index is 0.0512. The van der Waals surface area contributed by atoms with Gasteiger partial charge in [-0.2, -0.15) is 4.98 Å². The SMILES string of the molecule is Nc1cc(C2OC(CO)C(OP(=O)(O)O)C2O)[nH]c(=O)n1. The summed E-state index contributed by atoms with van der Waals surface area (Å²) in [6, 6.07) is 1.23. The van der Waals surface area contributed by atoms with Gasteiger partial charge in [-0.05, 0) is 0 Å². The third-order valence-corrected chi connectivity index (χ3v) is 3.38. The first-order valence-electron chi connectivity index (χ1n) is 5.76. The molecule has 0 radical (unpaired) electrons. The predicted octanol–water partition coefficient (Wildman–Crippen LogP) is -2.38. The van der Waals surface area contributed by atoms with E-state index in [0.29, 0.717) is 0 Å². The molecule has 1 saturated heterocycles. The number of phosphoric ester groups is 1. The predicted molar refractivity (Wildman–Crippen MR) is 66.9 cm³/mol. The molecular weight excluding hydrogens is 309 g/mol. The topological polar surface area (TPSA) is 188 Å². The second-order valence-electron chi connectivity index (χ2n) is 4.40. The number of aliphatic hydroxyl groups is 2. The summed E-state index contributed by atoms with van der Waals surface area (Å²) >= 11 is 0. The monoisotopic (exact) mass is 323 g/mol. The number of anilines is 1. The van der Waals surface area contributed by atoms with Crippen molar-refractivity contribution in [3.63, 3.8) is 0 Å². The summed E-state index contributed by atoms with van der Waals surface area (Å²) in [5, 5.41) is 19.2. The highest BCUT2D eigenvalue weighted by molar-refractivity contribution is 7.46. The summed E-state index contributed by atoms with van der Waals surface area (Å²) in [6.45, 7) is -0.650. The van der Waals surface area contributed by atoms with Crippen LogP contribution in [0.25, 0.3) is 0 Å². The number of ether oxygens (including phenoxy) is 1. The van der Waals surface area contributed by atoms with E-state index in [9.17, 15) is 14.5 Å². The van der Waals surface area contributed by atoms with Crippen LogP contribution in [0, 0.1) is 0 Å². The van der Waals surface area contributed by atoms with Crippen molar-refractivity contribution in [3.05, 3.63) is 22.2 Å². The second-order valence-corrected chi connectivity index (χ2v) is 5.59. The molecule has 21 heavy (non-hydrogen) atoms. The number of aromatic nitrogens is 2. The quantitative estimate of drug-likeness (QED) is 0.326. The highest BCUT2D eigenvalue weighted by atomic mass is 31.2. The van der Waals surface area contributed by atoms with Crippen LogP contribution in [-0.4, -0.2) is 54.9 Å². The molecule has 7 N–H and O–H groups in total. The van der Waals surface area contributed by atoms with Gasteiger partial charge in [0.25, 0.3) is 0 Å². The molecule has 1 aliphatic heterocycles. The maximum Gasteiger partial charge on any atom is 0.470 e. The molecule has 0 aliphatic carbocycles. The van der Waals surface area contributed by atoms with Gasteiger partial charge in [0.2, 0.25) is 0 Å². The summed E-state index contributed by atoms with van der Waals surface area (Å²) in [6.07, 6.45) is -5.38. The van der Waals surface area contributed by atoms with Crippen molar-refractivity contribution in [1.82, 2.24) is 9.97 Å². The maximum atomic E-state index is 11.2. The molecule has 0 amide bonds. The first-order chi connectivity index (χ1) is 9.71. The maximum absolute atomic E-state index is 11.2. The molecule has 11 nitrogen and oxygen atoms in total. The smallest absolute Gasteiger partial charge is 0.394 e. The lowest BCUT2D eigenvalue weighted by atomic mass is 10.1. The average molecular weight is 323 g/mol. The zero-order valence-corrected chi connectivity index (χ0v) is 11.4. The molecule has 1 aromatic heterocycles. The number of nitrogens with zero attached hydrogens (tertiary/aromatic N) is 1. The molecule has 1 aromatic rings. The zero-order valence-electron chi connectivity index (χ0n) is 10.5. The molecule has 2 rings (SSSR count). The van der Waals surface area contributed by atoms with Gasteiger partial charge in [0.1, 0.15) is 30.2 Å². The third kappa shape index (κ3) is 3.66. The fraction of sp³-hybridized carbons (Fsp3) is 0.556. The minimum Gasteiger partial charge on any atom is -0.394 e. The van der Waals surface area contributed by atoms with E-state index >= 15 is 0 Å². The first kappa shape index (κ1) is 16.0. The normalized spacial score (nSPS) is 29.7. The molecule has 1 fully saturated rings. The molecular formula is C9H14N3O8P. The average Bonchev–Trinajstić information content (AvgIpc) is 2.63.